The minimum atomic E-state index is -0.788. The van der Waals surface area contributed by atoms with Crippen molar-refractivity contribution in [3.8, 4) is 0 Å². The lowest BCUT2D eigenvalue weighted by molar-refractivity contribution is -0.133. The fraction of sp³-hybridized carbons (Fsp3) is 0.667. The zero-order valence-corrected chi connectivity index (χ0v) is 12.1. The molecule has 1 atom stereocenters. The second kappa shape index (κ2) is 6.52. The summed E-state index contributed by atoms with van der Waals surface area (Å²) in [5, 5.41) is 9.61. The molecule has 1 aromatic heterocycles. The average Bonchev–Trinajstić information content (AvgIpc) is 2.97. The lowest BCUT2D eigenvalue weighted by Gasteiger charge is -2.14. The Hall–Kier alpha value is -0.620. The van der Waals surface area contributed by atoms with Crippen molar-refractivity contribution in [3.05, 3.63) is 11.9 Å². The monoisotopic (exact) mass is 286 g/mol. The van der Waals surface area contributed by atoms with Gasteiger partial charge in [0.2, 0.25) is 0 Å². The minimum absolute atomic E-state index is 0.0829. The van der Waals surface area contributed by atoms with Crippen LogP contribution in [0.4, 0.5) is 0 Å². The van der Waals surface area contributed by atoms with Crippen molar-refractivity contribution < 1.29 is 9.90 Å². The van der Waals surface area contributed by atoms with Gasteiger partial charge in [-0.25, -0.2) is 4.98 Å². The minimum Gasteiger partial charge on any atom is -0.481 e. The van der Waals surface area contributed by atoms with Crippen molar-refractivity contribution in [2.45, 2.75) is 31.5 Å². The van der Waals surface area contributed by atoms with Crippen molar-refractivity contribution in [2.24, 2.45) is 5.92 Å². The highest BCUT2D eigenvalue weighted by molar-refractivity contribution is 7.99. The van der Waals surface area contributed by atoms with Crippen LogP contribution in [0.3, 0.4) is 0 Å². The molecule has 0 bridgehead atoms. The number of carbonyl (C=O) groups is 1. The summed E-state index contributed by atoms with van der Waals surface area (Å²) < 4.78 is 2.21. The fourth-order valence-electron chi connectivity index (χ4n) is 2.10. The first-order valence-corrected chi connectivity index (χ1v) is 8.31. The SMILES string of the molecule is CCc1cnc(SCC(=O)O)n1CC1CCSC1. The number of hydrogen-bond donors (Lipinski definition) is 1. The number of hydrogen-bond acceptors (Lipinski definition) is 4. The maximum atomic E-state index is 10.6. The van der Waals surface area contributed by atoms with Gasteiger partial charge in [-0.05, 0) is 30.3 Å². The highest BCUT2D eigenvalue weighted by Crippen LogP contribution is 2.28. The van der Waals surface area contributed by atoms with Gasteiger partial charge in [-0.15, -0.1) is 0 Å². The summed E-state index contributed by atoms with van der Waals surface area (Å²) in [5.41, 5.74) is 1.21. The zero-order valence-electron chi connectivity index (χ0n) is 10.5. The van der Waals surface area contributed by atoms with Gasteiger partial charge in [-0.2, -0.15) is 11.8 Å². The maximum absolute atomic E-state index is 10.6. The summed E-state index contributed by atoms with van der Waals surface area (Å²) in [5.74, 6) is 2.46. The van der Waals surface area contributed by atoms with E-state index in [-0.39, 0.29) is 5.75 Å². The van der Waals surface area contributed by atoms with Crippen molar-refractivity contribution in [1.29, 1.82) is 0 Å². The molecule has 1 aromatic rings. The second-order valence-electron chi connectivity index (χ2n) is 4.41. The first-order valence-electron chi connectivity index (χ1n) is 6.17. The van der Waals surface area contributed by atoms with Crippen molar-refractivity contribution in [3.63, 3.8) is 0 Å². The van der Waals surface area contributed by atoms with E-state index in [0.717, 1.165) is 18.1 Å². The summed E-state index contributed by atoms with van der Waals surface area (Å²) >= 11 is 3.33. The summed E-state index contributed by atoms with van der Waals surface area (Å²) in [6.45, 7) is 3.10. The molecule has 6 heteroatoms. The number of rotatable bonds is 6. The van der Waals surface area contributed by atoms with Crippen LogP contribution in [0, 0.1) is 5.92 Å². The van der Waals surface area contributed by atoms with Gasteiger partial charge >= 0.3 is 5.97 Å². The van der Waals surface area contributed by atoms with E-state index >= 15 is 0 Å². The smallest absolute Gasteiger partial charge is 0.313 e. The van der Waals surface area contributed by atoms with E-state index < -0.39 is 5.97 Å². The molecule has 2 heterocycles. The Bertz CT molecular complexity index is 414. The topological polar surface area (TPSA) is 55.1 Å². The molecule has 1 N–H and O–H groups in total. The highest BCUT2D eigenvalue weighted by atomic mass is 32.2. The predicted octanol–water partition coefficient (Wildman–Crippen LogP) is 2.38. The number of carboxylic acid groups (broad SMARTS) is 1. The van der Waals surface area contributed by atoms with Gasteiger partial charge < -0.3 is 9.67 Å². The number of nitrogens with zero attached hydrogens (tertiary/aromatic N) is 2. The van der Waals surface area contributed by atoms with Crippen molar-refractivity contribution in [1.82, 2.24) is 9.55 Å². The van der Waals surface area contributed by atoms with Gasteiger partial charge in [-0.1, -0.05) is 18.7 Å². The highest BCUT2D eigenvalue weighted by Gasteiger charge is 2.19. The third kappa shape index (κ3) is 3.45. The molecule has 0 aliphatic carbocycles. The molecule has 1 aliphatic heterocycles. The van der Waals surface area contributed by atoms with E-state index in [1.54, 1.807) is 0 Å². The van der Waals surface area contributed by atoms with Crippen LogP contribution in [0.25, 0.3) is 0 Å². The van der Waals surface area contributed by atoms with Gasteiger partial charge in [0, 0.05) is 18.4 Å². The molecule has 100 valence electrons. The Morgan fingerprint density at radius 3 is 3.17 bits per heavy atom. The van der Waals surface area contributed by atoms with Crippen LogP contribution in [0.5, 0.6) is 0 Å². The van der Waals surface area contributed by atoms with Gasteiger partial charge in [0.05, 0.1) is 5.75 Å². The summed E-state index contributed by atoms with van der Waals surface area (Å²) in [7, 11) is 0. The Balaban J connectivity index is 2.08. The summed E-state index contributed by atoms with van der Waals surface area (Å²) in [6, 6.07) is 0. The van der Waals surface area contributed by atoms with E-state index in [0.29, 0.717) is 5.92 Å². The van der Waals surface area contributed by atoms with E-state index in [1.165, 1.54) is 35.4 Å². The molecule has 0 radical (unpaired) electrons. The van der Waals surface area contributed by atoms with Gasteiger partial charge in [0.1, 0.15) is 0 Å². The van der Waals surface area contributed by atoms with Crippen LogP contribution in [0.15, 0.2) is 11.4 Å². The molecule has 1 aliphatic rings. The molecule has 1 fully saturated rings. The molecule has 18 heavy (non-hydrogen) atoms. The van der Waals surface area contributed by atoms with Gasteiger partial charge in [0.25, 0.3) is 0 Å². The Labute approximate surface area is 116 Å². The normalized spacial score (nSPS) is 19.3. The number of aryl methyl sites for hydroxylation is 1. The van der Waals surface area contributed by atoms with E-state index in [2.05, 4.69) is 16.5 Å². The quantitative estimate of drug-likeness (QED) is 0.814. The number of carboxylic acids is 1. The largest absolute Gasteiger partial charge is 0.481 e. The fourth-order valence-corrected chi connectivity index (χ4v) is 4.10. The Morgan fingerprint density at radius 1 is 1.72 bits per heavy atom. The first-order chi connectivity index (χ1) is 8.70. The van der Waals surface area contributed by atoms with Crippen LogP contribution in [-0.4, -0.2) is 37.9 Å². The van der Waals surface area contributed by atoms with Gasteiger partial charge in [-0.3, -0.25) is 4.79 Å². The molecule has 0 saturated carbocycles. The Morgan fingerprint density at radius 2 is 2.56 bits per heavy atom. The Kier molecular flexibility index (Phi) is 5.00. The number of thioether (sulfide) groups is 2. The van der Waals surface area contributed by atoms with Gasteiger partial charge in [0.15, 0.2) is 5.16 Å². The van der Waals surface area contributed by atoms with E-state index in [4.69, 9.17) is 5.11 Å². The molecule has 1 unspecified atom stereocenters. The van der Waals surface area contributed by atoms with E-state index in [9.17, 15) is 4.79 Å². The number of imidazole rings is 1. The average molecular weight is 286 g/mol. The lowest BCUT2D eigenvalue weighted by atomic mass is 10.1. The van der Waals surface area contributed by atoms with Crippen LogP contribution in [0.2, 0.25) is 0 Å². The molecule has 2 rings (SSSR count). The number of aromatic nitrogens is 2. The second-order valence-corrected chi connectivity index (χ2v) is 6.50. The first kappa shape index (κ1) is 13.8. The predicted molar refractivity (Wildman–Crippen MR) is 75.4 cm³/mol. The van der Waals surface area contributed by atoms with Crippen molar-refractivity contribution in [2.75, 3.05) is 17.3 Å². The van der Waals surface area contributed by atoms with E-state index in [1.807, 2.05) is 18.0 Å². The van der Waals surface area contributed by atoms with Crippen LogP contribution < -0.4 is 0 Å². The molecule has 1 saturated heterocycles. The number of aliphatic carboxylic acids is 1. The lowest BCUT2D eigenvalue weighted by Crippen LogP contribution is -2.13. The third-order valence-corrected chi connectivity index (χ3v) is 5.26. The third-order valence-electron chi connectivity index (χ3n) is 3.05. The maximum Gasteiger partial charge on any atom is 0.313 e. The van der Waals surface area contributed by atoms with Crippen molar-refractivity contribution >= 4 is 29.5 Å². The standard InChI is InChI=1S/C12H18N2O2S2/c1-2-10-5-13-12(18-8-11(15)16)14(10)6-9-3-4-17-7-9/h5,9H,2-4,6-8H2,1H3,(H,15,16). The zero-order chi connectivity index (χ0) is 13.0. The molecule has 0 aromatic carbocycles. The molecule has 4 nitrogen and oxygen atoms in total. The summed E-state index contributed by atoms with van der Waals surface area (Å²) in [4.78, 5) is 15.0. The van der Waals surface area contributed by atoms with Crippen LogP contribution in [-0.2, 0) is 17.8 Å². The van der Waals surface area contributed by atoms with Crippen LogP contribution >= 0.6 is 23.5 Å². The molecule has 0 amide bonds. The molecular weight excluding hydrogens is 268 g/mol. The summed E-state index contributed by atoms with van der Waals surface area (Å²) in [6.07, 6.45) is 4.09. The van der Waals surface area contributed by atoms with Crippen LogP contribution in [0.1, 0.15) is 19.0 Å². The molecule has 0 spiro atoms. The molecular formula is C12H18N2O2S2.